The Bertz CT molecular complexity index is 952. The molecule has 1 aliphatic rings. The number of benzene rings is 2. The Kier molecular flexibility index (Phi) is 4.73. The van der Waals surface area contributed by atoms with Crippen molar-refractivity contribution in [1.82, 2.24) is 9.78 Å². The third-order valence-corrected chi connectivity index (χ3v) is 4.69. The summed E-state index contributed by atoms with van der Waals surface area (Å²) >= 11 is 5.37. The molecule has 0 amide bonds. The Labute approximate surface area is 156 Å². The quantitative estimate of drug-likeness (QED) is 0.676. The Morgan fingerprint density at radius 2 is 1.92 bits per heavy atom. The van der Waals surface area contributed by atoms with Crippen LogP contribution in [-0.4, -0.2) is 23.1 Å². The van der Waals surface area contributed by atoms with Crippen LogP contribution in [0.2, 0.25) is 0 Å². The van der Waals surface area contributed by atoms with Crippen molar-refractivity contribution in [2.24, 2.45) is 0 Å². The molecule has 2 heterocycles. The average Bonchev–Trinajstić information content (AvgIpc) is 3.28. The summed E-state index contributed by atoms with van der Waals surface area (Å²) in [5.74, 6) is 1.92. The maximum Gasteiger partial charge on any atom is 0.292 e. The van der Waals surface area contributed by atoms with Crippen LogP contribution in [-0.2, 0) is 13.2 Å². The Balaban J connectivity index is 1.53. The van der Waals surface area contributed by atoms with Gasteiger partial charge < -0.3 is 18.8 Å². The van der Waals surface area contributed by atoms with Crippen LogP contribution in [0.5, 0.6) is 11.5 Å². The van der Waals surface area contributed by atoms with Crippen molar-refractivity contribution in [3.8, 4) is 23.0 Å². The molecular weight excluding hydrogens is 350 g/mol. The summed E-state index contributed by atoms with van der Waals surface area (Å²) in [6.07, 6.45) is 0. The van der Waals surface area contributed by atoms with Gasteiger partial charge in [-0.3, -0.25) is 0 Å². The second-order valence-electron chi connectivity index (χ2n) is 6.16. The number of ether oxygens (including phenoxy) is 2. The van der Waals surface area contributed by atoms with Gasteiger partial charge in [-0.15, -0.1) is 5.10 Å². The molecule has 2 aromatic carbocycles. The van der Waals surface area contributed by atoms with Crippen LogP contribution in [0.1, 0.15) is 12.5 Å². The fraction of sp³-hybridized carbons (Fsp3) is 0.263. The molecule has 0 aliphatic carbocycles. The van der Waals surface area contributed by atoms with E-state index >= 15 is 0 Å². The Morgan fingerprint density at radius 1 is 1.12 bits per heavy atom. The lowest BCUT2D eigenvalue weighted by Gasteiger charge is -2.16. The van der Waals surface area contributed by atoms with Crippen LogP contribution in [0.15, 0.2) is 52.9 Å². The molecule has 0 bridgehead atoms. The minimum Gasteiger partial charge on any atom is -0.454 e. The lowest BCUT2D eigenvalue weighted by atomic mass is 10.2. The molecule has 134 valence electrons. The summed E-state index contributed by atoms with van der Waals surface area (Å²) in [6.45, 7) is 4.91. The van der Waals surface area contributed by atoms with E-state index < -0.39 is 0 Å². The van der Waals surface area contributed by atoms with Gasteiger partial charge in [0.15, 0.2) is 18.2 Å². The molecule has 7 heteroatoms. The molecule has 6 nitrogen and oxygen atoms in total. The zero-order valence-electron chi connectivity index (χ0n) is 14.5. The number of hydrogen-bond acceptors (Lipinski definition) is 5. The maximum absolute atomic E-state index is 5.71. The lowest BCUT2D eigenvalue weighted by Crippen LogP contribution is -3.09. The predicted molar refractivity (Wildman–Crippen MR) is 98.5 cm³/mol. The van der Waals surface area contributed by atoms with Gasteiger partial charge in [0.25, 0.3) is 4.84 Å². The largest absolute Gasteiger partial charge is 0.454 e. The van der Waals surface area contributed by atoms with Gasteiger partial charge in [-0.2, -0.15) is 4.68 Å². The first-order chi connectivity index (χ1) is 12.7. The fourth-order valence-electron chi connectivity index (χ4n) is 2.94. The van der Waals surface area contributed by atoms with E-state index in [4.69, 9.17) is 26.1 Å². The highest BCUT2D eigenvalue weighted by Gasteiger charge is 2.18. The summed E-state index contributed by atoms with van der Waals surface area (Å²) in [7, 11) is 0. The third-order valence-electron chi connectivity index (χ3n) is 4.40. The highest BCUT2D eigenvalue weighted by Crippen LogP contribution is 2.35. The normalized spacial score (nSPS) is 13.7. The molecule has 4 rings (SSSR count). The fourth-order valence-corrected chi connectivity index (χ4v) is 3.13. The molecule has 0 saturated heterocycles. The highest BCUT2D eigenvalue weighted by atomic mass is 32.1. The van der Waals surface area contributed by atoms with Gasteiger partial charge in [0.05, 0.1) is 6.54 Å². The van der Waals surface area contributed by atoms with E-state index in [0.717, 1.165) is 24.4 Å². The van der Waals surface area contributed by atoms with Crippen molar-refractivity contribution in [1.29, 1.82) is 0 Å². The van der Waals surface area contributed by atoms with Crippen molar-refractivity contribution < 1.29 is 18.8 Å². The number of nitrogens with one attached hydrogen (secondary N) is 1. The SMILES string of the molecule is CC[NH+](Cc1ccccc1)Cn1nc(-c2ccc3c(c2)OCO3)oc1=S. The van der Waals surface area contributed by atoms with Gasteiger partial charge in [-0.05, 0) is 37.3 Å². The van der Waals surface area contributed by atoms with E-state index in [9.17, 15) is 0 Å². The molecule has 1 aliphatic heterocycles. The van der Waals surface area contributed by atoms with Gasteiger partial charge in [0.1, 0.15) is 6.54 Å². The first-order valence-corrected chi connectivity index (χ1v) is 8.99. The van der Waals surface area contributed by atoms with Crippen molar-refractivity contribution in [2.45, 2.75) is 20.1 Å². The van der Waals surface area contributed by atoms with Crippen LogP contribution in [0.25, 0.3) is 11.5 Å². The van der Waals surface area contributed by atoms with Crippen molar-refractivity contribution >= 4 is 12.2 Å². The summed E-state index contributed by atoms with van der Waals surface area (Å²) < 4.78 is 18.2. The molecule has 1 N–H and O–H groups in total. The first kappa shape index (κ1) is 16.8. The Hall–Kier alpha value is -2.64. The molecule has 3 aromatic rings. The minimum atomic E-state index is 0.241. The highest BCUT2D eigenvalue weighted by molar-refractivity contribution is 7.71. The monoisotopic (exact) mass is 370 g/mol. The predicted octanol–water partition coefficient (Wildman–Crippen LogP) is 2.66. The van der Waals surface area contributed by atoms with Gasteiger partial charge in [0, 0.05) is 11.1 Å². The lowest BCUT2D eigenvalue weighted by molar-refractivity contribution is -0.935. The zero-order valence-corrected chi connectivity index (χ0v) is 15.3. The second-order valence-corrected chi connectivity index (χ2v) is 6.51. The van der Waals surface area contributed by atoms with E-state index in [0.29, 0.717) is 23.1 Å². The molecule has 0 saturated carbocycles. The minimum absolute atomic E-state index is 0.241. The second kappa shape index (κ2) is 7.31. The van der Waals surface area contributed by atoms with Gasteiger partial charge in [-0.25, -0.2) is 0 Å². The molecule has 1 aromatic heterocycles. The first-order valence-electron chi connectivity index (χ1n) is 8.58. The summed E-state index contributed by atoms with van der Waals surface area (Å²) in [6, 6.07) is 16.0. The van der Waals surface area contributed by atoms with Crippen molar-refractivity contribution in [2.75, 3.05) is 13.3 Å². The van der Waals surface area contributed by atoms with Crippen LogP contribution in [0.3, 0.4) is 0 Å². The van der Waals surface area contributed by atoms with Crippen LogP contribution < -0.4 is 14.4 Å². The van der Waals surface area contributed by atoms with Gasteiger partial charge in [0.2, 0.25) is 12.7 Å². The zero-order chi connectivity index (χ0) is 17.9. The van der Waals surface area contributed by atoms with E-state index in [2.05, 4.69) is 36.3 Å². The number of aromatic nitrogens is 2. The number of quaternary nitrogens is 1. The number of hydrogen-bond donors (Lipinski definition) is 1. The third kappa shape index (κ3) is 3.49. The van der Waals surface area contributed by atoms with E-state index in [1.807, 2.05) is 24.3 Å². The summed E-state index contributed by atoms with van der Waals surface area (Å²) in [4.78, 5) is 1.72. The maximum atomic E-state index is 5.71. The molecule has 0 spiro atoms. The van der Waals surface area contributed by atoms with Crippen LogP contribution in [0, 0.1) is 4.84 Å². The molecular formula is C19H20N3O3S+. The van der Waals surface area contributed by atoms with E-state index in [-0.39, 0.29) is 6.79 Å². The van der Waals surface area contributed by atoms with Crippen molar-refractivity contribution in [3.05, 3.63) is 58.9 Å². The van der Waals surface area contributed by atoms with Gasteiger partial charge in [-0.1, -0.05) is 30.3 Å². The molecule has 26 heavy (non-hydrogen) atoms. The molecule has 1 unspecified atom stereocenters. The van der Waals surface area contributed by atoms with Crippen LogP contribution in [0.4, 0.5) is 0 Å². The molecule has 0 radical (unpaired) electrons. The topological polar surface area (TPSA) is 53.9 Å². The molecule has 0 fully saturated rings. The number of fused-ring (bicyclic) bond motifs is 1. The Morgan fingerprint density at radius 3 is 2.73 bits per heavy atom. The van der Waals surface area contributed by atoms with E-state index in [1.165, 1.54) is 10.5 Å². The number of nitrogens with zero attached hydrogens (tertiary/aromatic N) is 2. The average molecular weight is 370 g/mol. The number of rotatable bonds is 6. The molecule has 1 atom stereocenters. The smallest absolute Gasteiger partial charge is 0.292 e. The summed E-state index contributed by atoms with van der Waals surface area (Å²) in [5, 5.41) is 4.56. The van der Waals surface area contributed by atoms with Crippen LogP contribution >= 0.6 is 12.2 Å². The standard InChI is InChI=1S/C19H19N3O3S/c1-2-21(11-14-6-4-3-5-7-14)12-22-19(26)25-18(20-22)15-8-9-16-17(10-15)24-13-23-16/h3-10H,2,11-13H2,1H3/p+1. The summed E-state index contributed by atoms with van der Waals surface area (Å²) in [5.41, 5.74) is 2.11. The van der Waals surface area contributed by atoms with Crippen molar-refractivity contribution in [3.63, 3.8) is 0 Å². The van der Waals surface area contributed by atoms with Gasteiger partial charge >= 0.3 is 0 Å². The van der Waals surface area contributed by atoms with E-state index in [1.54, 1.807) is 4.68 Å².